The molecule has 1 N–H and O–H groups in total. The maximum absolute atomic E-state index is 12.1. The monoisotopic (exact) mass is 334 g/mol. The number of hydrogen-bond acceptors (Lipinski definition) is 6. The van der Waals surface area contributed by atoms with Crippen LogP contribution >= 0.6 is 11.3 Å². The highest BCUT2D eigenvalue weighted by Crippen LogP contribution is 2.18. The first-order valence-corrected chi connectivity index (χ1v) is 7.57. The van der Waals surface area contributed by atoms with Crippen LogP contribution in [0.5, 0.6) is 0 Å². The zero-order valence-corrected chi connectivity index (χ0v) is 13.1. The molecule has 0 aliphatic rings. The number of benzene rings is 1. The fraction of sp³-hybridized carbons (Fsp3) is 0.200. The van der Waals surface area contributed by atoms with E-state index in [1.165, 1.54) is 13.2 Å². The number of rotatable bonds is 6. The van der Waals surface area contributed by atoms with Crippen LogP contribution in [0.25, 0.3) is 0 Å². The second-order valence-electron chi connectivity index (χ2n) is 4.60. The van der Waals surface area contributed by atoms with Crippen LogP contribution in [0.3, 0.4) is 0 Å². The third-order valence-electron chi connectivity index (χ3n) is 3.05. The second kappa shape index (κ2) is 7.50. The van der Waals surface area contributed by atoms with Crippen LogP contribution in [0.15, 0.2) is 35.7 Å². The summed E-state index contributed by atoms with van der Waals surface area (Å²) >= 11 is 1.58. The van der Waals surface area contributed by atoms with Gasteiger partial charge < -0.3 is 10.1 Å². The van der Waals surface area contributed by atoms with Gasteiger partial charge in [0.15, 0.2) is 0 Å². The van der Waals surface area contributed by atoms with Crippen LogP contribution in [0.1, 0.15) is 25.6 Å². The van der Waals surface area contributed by atoms with E-state index in [0.29, 0.717) is 13.0 Å². The molecule has 1 aromatic heterocycles. The molecule has 0 unspecified atom stereocenters. The van der Waals surface area contributed by atoms with E-state index in [0.717, 1.165) is 17.0 Å². The Bertz CT molecular complexity index is 727. The van der Waals surface area contributed by atoms with Gasteiger partial charge in [-0.25, -0.2) is 4.79 Å². The van der Waals surface area contributed by atoms with E-state index in [2.05, 4.69) is 10.1 Å². The second-order valence-corrected chi connectivity index (χ2v) is 5.63. The average Bonchev–Trinajstić information content (AvgIpc) is 3.06. The topological polar surface area (TPSA) is 98.5 Å². The molecule has 7 nitrogen and oxygen atoms in total. The van der Waals surface area contributed by atoms with Gasteiger partial charge in [0.2, 0.25) is 0 Å². The van der Waals surface area contributed by atoms with Crippen LogP contribution in [0.2, 0.25) is 0 Å². The summed E-state index contributed by atoms with van der Waals surface area (Å²) in [4.78, 5) is 35.1. The van der Waals surface area contributed by atoms with Gasteiger partial charge in [-0.05, 0) is 23.9 Å². The van der Waals surface area contributed by atoms with Crippen LogP contribution in [0.4, 0.5) is 5.69 Å². The van der Waals surface area contributed by atoms with Gasteiger partial charge in [-0.2, -0.15) is 0 Å². The number of ether oxygens (including phenoxy) is 1. The van der Waals surface area contributed by atoms with Crippen LogP contribution in [-0.2, 0) is 11.2 Å². The fourth-order valence-corrected chi connectivity index (χ4v) is 2.65. The summed E-state index contributed by atoms with van der Waals surface area (Å²) in [5, 5.41) is 15.6. The number of nitrogens with zero attached hydrogens (tertiary/aromatic N) is 1. The lowest BCUT2D eigenvalue weighted by molar-refractivity contribution is -0.384. The molecule has 2 rings (SSSR count). The number of esters is 1. The molecule has 0 spiro atoms. The largest absolute Gasteiger partial charge is 0.465 e. The summed E-state index contributed by atoms with van der Waals surface area (Å²) in [7, 11) is 1.17. The Balaban J connectivity index is 2.13. The summed E-state index contributed by atoms with van der Waals surface area (Å²) in [5.41, 5.74) is -0.327. The molecule has 2 aromatic rings. The van der Waals surface area contributed by atoms with E-state index in [-0.39, 0.29) is 16.8 Å². The molecule has 1 amide bonds. The molecule has 23 heavy (non-hydrogen) atoms. The van der Waals surface area contributed by atoms with Crippen molar-refractivity contribution in [1.82, 2.24) is 5.32 Å². The van der Waals surface area contributed by atoms with Crippen molar-refractivity contribution in [1.29, 1.82) is 0 Å². The van der Waals surface area contributed by atoms with Crippen LogP contribution in [0, 0.1) is 10.1 Å². The van der Waals surface area contributed by atoms with Crippen molar-refractivity contribution in [2.24, 2.45) is 0 Å². The number of non-ortho nitro benzene ring substituents is 1. The normalized spacial score (nSPS) is 10.1. The van der Waals surface area contributed by atoms with Crippen molar-refractivity contribution in [3.63, 3.8) is 0 Å². The number of carbonyl (C=O) groups is 2. The highest BCUT2D eigenvalue weighted by Gasteiger charge is 2.18. The molecule has 0 radical (unpaired) electrons. The van der Waals surface area contributed by atoms with Gasteiger partial charge in [0, 0.05) is 29.1 Å². The zero-order valence-electron chi connectivity index (χ0n) is 12.3. The number of methoxy groups -OCH3 is 1. The maximum atomic E-state index is 12.1. The standard InChI is InChI=1S/C15H14N2O5S/c1-22-15(19)11-7-10(8-12(9-11)17(20)21)14(18)16-5-4-13-3-2-6-23-13/h2-3,6-9H,4-5H2,1H3,(H,16,18). The molecule has 0 aliphatic heterocycles. The zero-order chi connectivity index (χ0) is 16.8. The summed E-state index contributed by atoms with van der Waals surface area (Å²) in [6.07, 6.45) is 0.669. The third-order valence-corrected chi connectivity index (χ3v) is 3.99. The Labute approximate surface area is 136 Å². The molecule has 1 aromatic carbocycles. The summed E-state index contributed by atoms with van der Waals surface area (Å²) in [6, 6.07) is 7.37. The van der Waals surface area contributed by atoms with Crippen molar-refractivity contribution in [3.8, 4) is 0 Å². The van der Waals surface area contributed by atoms with E-state index in [9.17, 15) is 19.7 Å². The average molecular weight is 334 g/mol. The van der Waals surface area contributed by atoms with Crippen LogP contribution < -0.4 is 5.32 Å². The molecule has 8 heteroatoms. The minimum Gasteiger partial charge on any atom is -0.465 e. The van der Waals surface area contributed by atoms with E-state index in [1.807, 2.05) is 17.5 Å². The number of nitrogens with one attached hydrogen (secondary N) is 1. The molecule has 0 saturated carbocycles. The molecular weight excluding hydrogens is 320 g/mol. The molecule has 0 bridgehead atoms. The number of amides is 1. The van der Waals surface area contributed by atoms with Gasteiger partial charge in [-0.15, -0.1) is 11.3 Å². The number of nitro benzene ring substituents is 1. The van der Waals surface area contributed by atoms with E-state index in [1.54, 1.807) is 11.3 Å². The van der Waals surface area contributed by atoms with Crippen molar-refractivity contribution in [3.05, 3.63) is 61.8 Å². The summed E-state index contributed by atoms with van der Waals surface area (Å²) in [6.45, 7) is 0.398. The minimum atomic E-state index is -0.735. The molecule has 0 atom stereocenters. The van der Waals surface area contributed by atoms with Gasteiger partial charge >= 0.3 is 5.97 Å². The molecule has 0 aliphatic carbocycles. The van der Waals surface area contributed by atoms with Crippen LogP contribution in [-0.4, -0.2) is 30.5 Å². The van der Waals surface area contributed by atoms with Gasteiger partial charge in [0.25, 0.3) is 11.6 Å². The van der Waals surface area contributed by atoms with E-state index >= 15 is 0 Å². The first-order chi connectivity index (χ1) is 11.0. The highest BCUT2D eigenvalue weighted by molar-refractivity contribution is 7.09. The highest BCUT2D eigenvalue weighted by atomic mass is 32.1. The quantitative estimate of drug-likeness (QED) is 0.497. The van der Waals surface area contributed by atoms with Gasteiger partial charge in [-0.3, -0.25) is 14.9 Å². The Morgan fingerprint density at radius 1 is 1.30 bits per heavy atom. The smallest absolute Gasteiger partial charge is 0.338 e. The summed E-state index contributed by atoms with van der Waals surface area (Å²) < 4.78 is 4.54. The Hall–Kier alpha value is -2.74. The molecule has 0 fully saturated rings. The molecule has 1 heterocycles. The van der Waals surface area contributed by atoms with E-state index < -0.39 is 16.8 Å². The lowest BCUT2D eigenvalue weighted by atomic mass is 10.1. The molecular formula is C15H14N2O5S. The fourth-order valence-electron chi connectivity index (χ4n) is 1.94. The van der Waals surface area contributed by atoms with Crippen molar-refractivity contribution >= 4 is 28.9 Å². The lowest BCUT2D eigenvalue weighted by Gasteiger charge is -2.06. The number of carbonyl (C=O) groups excluding carboxylic acids is 2. The number of nitro groups is 1. The SMILES string of the molecule is COC(=O)c1cc(C(=O)NCCc2cccs2)cc([N+](=O)[O-])c1. The summed E-state index contributed by atoms with van der Waals surface area (Å²) in [5.74, 6) is -1.21. The predicted molar refractivity (Wildman–Crippen MR) is 84.8 cm³/mol. The first-order valence-electron chi connectivity index (χ1n) is 6.69. The Morgan fingerprint density at radius 2 is 2.04 bits per heavy atom. The Kier molecular flexibility index (Phi) is 5.42. The van der Waals surface area contributed by atoms with E-state index in [4.69, 9.17) is 0 Å². The van der Waals surface area contributed by atoms with Gasteiger partial charge in [0.05, 0.1) is 17.6 Å². The lowest BCUT2D eigenvalue weighted by Crippen LogP contribution is -2.26. The number of hydrogen-bond donors (Lipinski definition) is 1. The molecule has 120 valence electrons. The third kappa shape index (κ3) is 4.36. The van der Waals surface area contributed by atoms with Crippen molar-refractivity contribution in [2.75, 3.05) is 13.7 Å². The first kappa shape index (κ1) is 16.6. The van der Waals surface area contributed by atoms with Crippen molar-refractivity contribution in [2.45, 2.75) is 6.42 Å². The molecule has 0 saturated heterocycles. The van der Waals surface area contributed by atoms with Gasteiger partial charge in [-0.1, -0.05) is 6.07 Å². The predicted octanol–water partition coefficient (Wildman–Crippen LogP) is 2.42. The van der Waals surface area contributed by atoms with Crippen molar-refractivity contribution < 1.29 is 19.2 Å². The Morgan fingerprint density at radius 3 is 2.65 bits per heavy atom. The minimum absolute atomic E-state index is 0.0369. The number of thiophene rings is 1. The maximum Gasteiger partial charge on any atom is 0.338 e. The van der Waals surface area contributed by atoms with Gasteiger partial charge in [0.1, 0.15) is 0 Å².